The number of nitrogens with zero attached hydrogens (tertiary/aromatic N) is 4. The molecule has 0 unspecified atom stereocenters. The van der Waals surface area contributed by atoms with Crippen molar-refractivity contribution in [2.24, 2.45) is 0 Å². The van der Waals surface area contributed by atoms with Crippen LogP contribution in [0.4, 0.5) is 0 Å². The smallest absolute Gasteiger partial charge is 0.312 e. The highest BCUT2D eigenvalue weighted by atomic mass is 32.2. The molecule has 25 heavy (non-hydrogen) atoms. The standard InChI is InChI=1S/C16H28N4O4S/c1-25(23,24)20-8-4-14(5-9-20)17-10-12-19(13-11-17)16(22)15(21)18-6-2-3-7-18/h14H,2-13H2,1H3. The van der Waals surface area contributed by atoms with Gasteiger partial charge in [-0.3, -0.25) is 14.5 Å². The number of hydrogen-bond donors (Lipinski definition) is 0. The summed E-state index contributed by atoms with van der Waals surface area (Å²) in [6.45, 7) is 5.18. The third-order valence-electron chi connectivity index (χ3n) is 5.59. The third kappa shape index (κ3) is 4.32. The molecule has 3 saturated heterocycles. The summed E-state index contributed by atoms with van der Waals surface area (Å²) in [6.07, 6.45) is 4.88. The molecule has 3 aliphatic rings. The number of likely N-dealkylation sites (tertiary alicyclic amines) is 1. The summed E-state index contributed by atoms with van der Waals surface area (Å²) >= 11 is 0. The van der Waals surface area contributed by atoms with E-state index in [-0.39, 0.29) is 11.8 Å². The summed E-state index contributed by atoms with van der Waals surface area (Å²) in [4.78, 5) is 30.2. The van der Waals surface area contributed by atoms with E-state index in [1.807, 2.05) is 0 Å². The van der Waals surface area contributed by atoms with Crippen LogP contribution in [-0.4, -0.2) is 104 Å². The lowest BCUT2D eigenvalue weighted by atomic mass is 10.0. The van der Waals surface area contributed by atoms with Crippen molar-refractivity contribution in [1.29, 1.82) is 0 Å². The van der Waals surface area contributed by atoms with Gasteiger partial charge in [-0.05, 0) is 25.7 Å². The van der Waals surface area contributed by atoms with Gasteiger partial charge in [0.2, 0.25) is 10.0 Å². The van der Waals surface area contributed by atoms with Crippen molar-refractivity contribution < 1.29 is 18.0 Å². The molecule has 0 aromatic carbocycles. The lowest BCUT2D eigenvalue weighted by Gasteiger charge is -2.42. The Morgan fingerprint density at radius 1 is 0.760 bits per heavy atom. The fourth-order valence-electron chi connectivity index (χ4n) is 4.02. The molecule has 0 spiro atoms. The second kappa shape index (κ2) is 7.59. The van der Waals surface area contributed by atoms with Crippen LogP contribution in [0.25, 0.3) is 0 Å². The van der Waals surface area contributed by atoms with Crippen molar-refractivity contribution in [1.82, 2.24) is 19.0 Å². The fraction of sp³-hybridized carbons (Fsp3) is 0.875. The maximum Gasteiger partial charge on any atom is 0.312 e. The molecule has 3 heterocycles. The highest BCUT2D eigenvalue weighted by molar-refractivity contribution is 7.88. The lowest BCUT2D eigenvalue weighted by Crippen LogP contribution is -2.56. The van der Waals surface area contributed by atoms with E-state index in [0.717, 1.165) is 38.8 Å². The van der Waals surface area contributed by atoms with E-state index in [1.54, 1.807) is 9.80 Å². The molecule has 8 nitrogen and oxygen atoms in total. The summed E-state index contributed by atoms with van der Waals surface area (Å²) in [6, 6.07) is 0.365. The van der Waals surface area contributed by atoms with Crippen LogP contribution in [0.3, 0.4) is 0 Å². The number of piperazine rings is 1. The number of amides is 2. The highest BCUT2D eigenvalue weighted by Crippen LogP contribution is 2.20. The summed E-state index contributed by atoms with van der Waals surface area (Å²) in [7, 11) is -3.10. The Balaban J connectivity index is 1.46. The first-order chi connectivity index (χ1) is 11.9. The monoisotopic (exact) mass is 372 g/mol. The number of piperidine rings is 1. The van der Waals surface area contributed by atoms with E-state index >= 15 is 0 Å². The predicted molar refractivity (Wildman–Crippen MR) is 93.4 cm³/mol. The third-order valence-corrected chi connectivity index (χ3v) is 6.89. The Morgan fingerprint density at radius 2 is 1.24 bits per heavy atom. The normalized spacial score (nSPS) is 24.7. The SMILES string of the molecule is CS(=O)(=O)N1CCC(N2CCN(C(=O)C(=O)N3CCCC3)CC2)CC1. The molecule has 0 aliphatic carbocycles. The Bertz CT molecular complexity index is 602. The summed E-state index contributed by atoms with van der Waals surface area (Å²) < 4.78 is 24.7. The molecule has 0 aromatic rings. The first kappa shape index (κ1) is 18.6. The van der Waals surface area contributed by atoms with Crippen LogP contribution in [0.2, 0.25) is 0 Å². The van der Waals surface area contributed by atoms with Gasteiger partial charge in [0.05, 0.1) is 6.26 Å². The number of carbonyl (C=O) groups excluding carboxylic acids is 2. The highest BCUT2D eigenvalue weighted by Gasteiger charge is 2.34. The van der Waals surface area contributed by atoms with Gasteiger partial charge in [-0.1, -0.05) is 0 Å². The number of carbonyl (C=O) groups is 2. The van der Waals surface area contributed by atoms with Gasteiger partial charge in [-0.15, -0.1) is 0 Å². The molecule has 9 heteroatoms. The number of rotatable bonds is 2. The maximum absolute atomic E-state index is 12.4. The van der Waals surface area contributed by atoms with E-state index in [0.29, 0.717) is 45.3 Å². The fourth-order valence-corrected chi connectivity index (χ4v) is 4.89. The second-order valence-electron chi connectivity index (χ2n) is 7.22. The van der Waals surface area contributed by atoms with Crippen LogP contribution in [0.5, 0.6) is 0 Å². The zero-order chi connectivity index (χ0) is 18.0. The maximum atomic E-state index is 12.4. The van der Waals surface area contributed by atoms with Crippen molar-refractivity contribution in [3.63, 3.8) is 0 Å². The topological polar surface area (TPSA) is 81.2 Å². The van der Waals surface area contributed by atoms with Crippen LogP contribution in [0, 0.1) is 0 Å². The lowest BCUT2D eigenvalue weighted by molar-refractivity contribution is -0.152. The Morgan fingerprint density at radius 3 is 1.72 bits per heavy atom. The molecular weight excluding hydrogens is 344 g/mol. The summed E-state index contributed by atoms with van der Waals surface area (Å²) in [5.74, 6) is -0.721. The van der Waals surface area contributed by atoms with Gasteiger partial charge in [0.25, 0.3) is 0 Å². The van der Waals surface area contributed by atoms with Crippen LogP contribution >= 0.6 is 0 Å². The average Bonchev–Trinajstić information content (AvgIpc) is 3.14. The summed E-state index contributed by atoms with van der Waals surface area (Å²) in [5.41, 5.74) is 0. The van der Waals surface area contributed by atoms with Crippen LogP contribution in [-0.2, 0) is 19.6 Å². The van der Waals surface area contributed by atoms with Gasteiger partial charge in [0.15, 0.2) is 0 Å². The van der Waals surface area contributed by atoms with Crippen LogP contribution in [0.1, 0.15) is 25.7 Å². The minimum absolute atomic E-state index is 0.354. The predicted octanol–water partition coefficient (Wildman–Crippen LogP) is -0.823. The van der Waals surface area contributed by atoms with E-state index in [2.05, 4.69) is 4.90 Å². The molecule has 0 bridgehead atoms. The number of sulfonamides is 1. The first-order valence-electron chi connectivity index (χ1n) is 9.13. The molecule has 3 rings (SSSR count). The molecule has 3 fully saturated rings. The molecule has 0 N–H and O–H groups in total. The van der Waals surface area contributed by atoms with E-state index in [9.17, 15) is 18.0 Å². The Hall–Kier alpha value is -1.19. The summed E-state index contributed by atoms with van der Waals surface area (Å²) in [5, 5.41) is 0. The van der Waals surface area contributed by atoms with Gasteiger partial charge < -0.3 is 9.80 Å². The number of hydrogen-bond acceptors (Lipinski definition) is 5. The van der Waals surface area contributed by atoms with Crippen molar-refractivity contribution >= 4 is 21.8 Å². The Labute approximate surface area is 149 Å². The zero-order valence-electron chi connectivity index (χ0n) is 14.9. The first-order valence-corrected chi connectivity index (χ1v) is 11.0. The van der Waals surface area contributed by atoms with Crippen molar-refractivity contribution in [2.45, 2.75) is 31.7 Å². The van der Waals surface area contributed by atoms with Crippen LogP contribution in [0.15, 0.2) is 0 Å². The molecule has 3 aliphatic heterocycles. The van der Waals surface area contributed by atoms with Crippen molar-refractivity contribution in [3.8, 4) is 0 Å². The largest absolute Gasteiger partial charge is 0.334 e. The molecular formula is C16H28N4O4S. The zero-order valence-corrected chi connectivity index (χ0v) is 15.7. The van der Waals surface area contributed by atoms with Crippen molar-refractivity contribution in [3.05, 3.63) is 0 Å². The van der Waals surface area contributed by atoms with E-state index in [1.165, 1.54) is 10.6 Å². The van der Waals surface area contributed by atoms with Crippen molar-refractivity contribution in [2.75, 3.05) is 58.6 Å². The van der Waals surface area contributed by atoms with Gasteiger partial charge in [0, 0.05) is 58.4 Å². The molecule has 0 saturated carbocycles. The average molecular weight is 372 g/mol. The van der Waals surface area contributed by atoms with Gasteiger partial charge in [0.1, 0.15) is 0 Å². The van der Waals surface area contributed by atoms with Gasteiger partial charge >= 0.3 is 11.8 Å². The minimum atomic E-state index is -3.10. The van der Waals surface area contributed by atoms with Crippen LogP contribution < -0.4 is 0 Å². The van der Waals surface area contributed by atoms with Gasteiger partial charge in [-0.2, -0.15) is 0 Å². The Kier molecular flexibility index (Phi) is 5.65. The molecule has 142 valence electrons. The molecule has 0 aromatic heterocycles. The van der Waals surface area contributed by atoms with Gasteiger partial charge in [-0.25, -0.2) is 12.7 Å². The molecule has 0 radical (unpaired) electrons. The molecule has 2 amide bonds. The van der Waals surface area contributed by atoms with E-state index < -0.39 is 10.0 Å². The molecule has 0 atom stereocenters. The minimum Gasteiger partial charge on any atom is -0.334 e. The second-order valence-corrected chi connectivity index (χ2v) is 9.20. The van der Waals surface area contributed by atoms with E-state index in [4.69, 9.17) is 0 Å². The quantitative estimate of drug-likeness (QED) is 0.592.